The Morgan fingerprint density at radius 1 is 1.48 bits per heavy atom. The van der Waals surface area contributed by atoms with Gasteiger partial charge in [-0.3, -0.25) is 0 Å². The van der Waals surface area contributed by atoms with Crippen LogP contribution in [-0.2, 0) is 4.74 Å². The minimum absolute atomic E-state index is 0.187. The first-order chi connectivity index (χ1) is 9.87. The highest BCUT2D eigenvalue weighted by Crippen LogP contribution is 2.22. The maximum absolute atomic E-state index is 12.3. The maximum atomic E-state index is 12.3. The molecular weight excluding hydrogens is 266 g/mol. The van der Waals surface area contributed by atoms with Gasteiger partial charge >= 0.3 is 6.09 Å². The Kier molecular flexibility index (Phi) is 4.70. The van der Waals surface area contributed by atoms with Gasteiger partial charge in [0.05, 0.1) is 6.04 Å². The molecule has 2 rings (SSSR count). The third kappa shape index (κ3) is 4.34. The predicted molar refractivity (Wildman–Crippen MR) is 83.5 cm³/mol. The molecule has 1 aromatic heterocycles. The molecule has 0 aromatic carbocycles. The summed E-state index contributed by atoms with van der Waals surface area (Å²) in [4.78, 5) is 20.5. The van der Waals surface area contributed by atoms with Crippen molar-refractivity contribution in [2.75, 3.05) is 25.0 Å². The van der Waals surface area contributed by atoms with Gasteiger partial charge in [-0.15, -0.1) is 0 Å². The van der Waals surface area contributed by atoms with E-state index in [-0.39, 0.29) is 12.1 Å². The van der Waals surface area contributed by atoms with Gasteiger partial charge in [0.2, 0.25) is 0 Å². The second-order valence-electron chi connectivity index (χ2n) is 6.54. The Morgan fingerprint density at radius 3 is 2.86 bits per heavy atom. The molecule has 0 radical (unpaired) electrons. The lowest BCUT2D eigenvalue weighted by Crippen LogP contribution is -2.44. The Morgan fingerprint density at radius 2 is 2.24 bits per heavy atom. The SMILES string of the molecule is CN(C[C@@H]1CCCN1C(=O)OC(C)(C)C)c1ccccn1. The van der Waals surface area contributed by atoms with Gasteiger partial charge in [-0.05, 0) is 45.7 Å². The van der Waals surface area contributed by atoms with Crippen molar-refractivity contribution in [2.24, 2.45) is 0 Å². The Bertz CT molecular complexity index is 470. The molecule has 1 saturated heterocycles. The van der Waals surface area contributed by atoms with Crippen LogP contribution in [0.2, 0.25) is 0 Å². The van der Waals surface area contributed by atoms with Crippen LogP contribution in [0.25, 0.3) is 0 Å². The van der Waals surface area contributed by atoms with Crippen molar-refractivity contribution in [1.82, 2.24) is 9.88 Å². The third-order valence-corrected chi connectivity index (χ3v) is 3.53. The summed E-state index contributed by atoms with van der Waals surface area (Å²) < 4.78 is 5.49. The predicted octanol–water partition coefficient (Wildman–Crippen LogP) is 2.92. The van der Waals surface area contributed by atoms with Crippen LogP contribution >= 0.6 is 0 Å². The molecule has 21 heavy (non-hydrogen) atoms. The number of pyridine rings is 1. The van der Waals surface area contributed by atoms with E-state index < -0.39 is 5.60 Å². The average molecular weight is 291 g/mol. The van der Waals surface area contributed by atoms with E-state index >= 15 is 0 Å². The quantitative estimate of drug-likeness (QED) is 0.859. The zero-order valence-corrected chi connectivity index (χ0v) is 13.4. The molecule has 1 fully saturated rings. The van der Waals surface area contributed by atoms with Crippen molar-refractivity contribution in [3.63, 3.8) is 0 Å². The average Bonchev–Trinajstić information content (AvgIpc) is 2.86. The number of nitrogens with zero attached hydrogens (tertiary/aromatic N) is 3. The fraction of sp³-hybridized carbons (Fsp3) is 0.625. The van der Waals surface area contributed by atoms with E-state index in [1.165, 1.54) is 0 Å². The van der Waals surface area contributed by atoms with Crippen molar-refractivity contribution in [3.8, 4) is 0 Å². The van der Waals surface area contributed by atoms with E-state index in [2.05, 4.69) is 9.88 Å². The highest BCUT2D eigenvalue weighted by Gasteiger charge is 2.32. The minimum atomic E-state index is -0.447. The molecule has 1 atom stereocenters. The number of aromatic nitrogens is 1. The van der Waals surface area contributed by atoms with Crippen LogP contribution in [0.4, 0.5) is 10.6 Å². The summed E-state index contributed by atoms with van der Waals surface area (Å²) >= 11 is 0. The van der Waals surface area contributed by atoms with E-state index in [9.17, 15) is 4.79 Å². The summed E-state index contributed by atoms with van der Waals surface area (Å²) in [5.41, 5.74) is -0.447. The first-order valence-corrected chi connectivity index (χ1v) is 7.48. The molecule has 0 unspecified atom stereocenters. The van der Waals surface area contributed by atoms with Gasteiger partial charge < -0.3 is 14.5 Å². The van der Waals surface area contributed by atoms with Gasteiger partial charge in [0.1, 0.15) is 11.4 Å². The van der Waals surface area contributed by atoms with Crippen LogP contribution in [0.1, 0.15) is 33.6 Å². The first-order valence-electron chi connectivity index (χ1n) is 7.48. The van der Waals surface area contributed by atoms with Crippen molar-refractivity contribution in [2.45, 2.75) is 45.3 Å². The monoisotopic (exact) mass is 291 g/mol. The summed E-state index contributed by atoms with van der Waals surface area (Å²) in [5, 5.41) is 0. The maximum Gasteiger partial charge on any atom is 0.410 e. The number of hydrogen-bond acceptors (Lipinski definition) is 4. The number of likely N-dealkylation sites (N-methyl/N-ethyl adjacent to an activating group) is 1. The molecule has 0 saturated carbocycles. The number of anilines is 1. The number of likely N-dealkylation sites (tertiary alicyclic amines) is 1. The smallest absolute Gasteiger partial charge is 0.410 e. The highest BCUT2D eigenvalue weighted by atomic mass is 16.6. The number of ether oxygens (including phenoxy) is 1. The molecule has 1 aliphatic rings. The summed E-state index contributed by atoms with van der Waals surface area (Å²) in [6.07, 6.45) is 3.61. The molecule has 2 heterocycles. The standard InChI is InChI=1S/C16H25N3O2/c1-16(2,3)21-15(20)19-11-7-8-13(19)12-18(4)14-9-5-6-10-17-14/h5-6,9-10,13H,7-8,11-12H2,1-4H3/t13-/m0/s1. The summed E-state index contributed by atoms with van der Waals surface area (Å²) in [7, 11) is 2.01. The summed E-state index contributed by atoms with van der Waals surface area (Å²) in [6, 6.07) is 6.04. The van der Waals surface area contributed by atoms with Crippen molar-refractivity contribution < 1.29 is 9.53 Å². The van der Waals surface area contributed by atoms with Crippen LogP contribution < -0.4 is 4.90 Å². The lowest BCUT2D eigenvalue weighted by atomic mass is 10.2. The first kappa shape index (κ1) is 15.6. The lowest BCUT2D eigenvalue weighted by molar-refractivity contribution is 0.0232. The fourth-order valence-corrected chi connectivity index (χ4v) is 2.58. The summed E-state index contributed by atoms with van der Waals surface area (Å²) in [6.45, 7) is 7.24. The van der Waals surface area contributed by atoms with E-state index in [1.54, 1.807) is 6.20 Å². The second kappa shape index (κ2) is 6.33. The topological polar surface area (TPSA) is 45.7 Å². The number of carbonyl (C=O) groups is 1. The van der Waals surface area contributed by atoms with Crippen LogP contribution in [0.5, 0.6) is 0 Å². The van der Waals surface area contributed by atoms with Crippen molar-refractivity contribution in [1.29, 1.82) is 0 Å². The second-order valence-corrected chi connectivity index (χ2v) is 6.54. The molecule has 1 aliphatic heterocycles. The molecule has 0 N–H and O–H groups in total. The highest BCUT2D eigenvalue weighted by molar-refractivity contribution is 5.69. The molecule has 0 spiro atoms. The molecule has 0 aliphatic carbocycles. The number of carbonyl (C=O) groups excluding carboxylic acids is 1. The zero-order chi connectivity index (χ0) is 15.5. The van der Waals surface area contributed by atoms with Gasteiger partial charge in [0.25, 0.3) is 0 Å². The van der Waals surface area contributed by atoms with Gasteiger partial charge in [0.15, 0.2) is 0 Å². The Hall–Kier alpha value is -1.78. The van der Waals surface area contributed by atoms with E-state index in [1.807, 2.05) is 50.9 Å². The number of rotatable bonds is 3. The fourth-order valence-electron chi connectivity index (χ4n) is 2.58. The van der Waals surface area contributed by atoms with E-state index in [0.717, 1.165) is 31.7 Å². The van der Waals surface area contributed by atoms with Crippen LogP contribution in [0, 0.1) is 0 Å². The van der Waals surface area contributed by atoms with Crippen molar-refractivity contribution in [3.05, 3.63) is 24.4 Å². The van der Waals surface area contributed by atoms with E-state index in [4.69, 9.17) is 4.74 Å². The molecule has 5 heteroatoms. The Labute approximate surface area is 126 Å². The zero-order valence-electron chi connectivity index (χ0n) is 13.4. The normalized spacial score (nSPS) is 18.7. The van der Waals surface area contributed by atoms with Crippen molar-refractivity contribution >= 4 is 11.9 Å². The molecule has 5 nitrogen and oxygen atoms in total. The molecular formula is C16H25N3O2. The van der Waals surface area contributed by atoms with Gasteiger partial charge in [0, 0.05) is 26.3 Å². The molecule has 116 valence electrons. The minimum Gasteiger partial charge on any atom is -0.444 e. The Balaban J connectivity index is 1.97. The van der Waals surface area contributed by atoms with Crippen LogP contribution in [0.15, 0.2) is 24.4 Å². The molecule has 0 bridgehead atoms. The van der Waals surface area contributed by atoms with E-state index in [0.29, 0.717) is 0 Å². The van der Waals surface area contributed by atoms with Gasteiger partial charge in [-0.2, -0.15) is 0 Å². The lowest BCUT2D eigenvalue weighted by Gasteiger charge is -2.31. The third-order valence-electron chi connectivity index (χ3n) is 3.53. The van der Waals surface area contributed by atoms with Crippen LogP contribution in [0.3, 0.4) is 0 Å². The van der Waals surface area contributed by atoms with Gasteiger partial charge in [-0.25, -0.2) is 9.78 Å². The number of hydrogen-bond donors (Lipinski definition) is 0. The number of amides is 1. The molecule has 1 amide bonds. The molecule has 1 aromatic rings. The largest absolute Gasteiger partial charge is 0.444 e. The summed E-state index contributed by atoms with van der Waals surface area (Å²) in [5.74, 6) is 0.925. The van der Waals surface area contributed by atoms with Gasteiger partial charge in [-0.1, -0.05) is 6.07 Å². The van der Waals surface area contributed by atoms with Crippen LogP contribution in [-0.4, -0.2) is 47.8 Å².